The number of unbranched alkanes of at least 4 members (excludes halogenated alkanes) is 1. The Kier molecular flexibility index (Phi) is 3.18. The molecule has 0 saturated carbocycles. The lowest BCUT2D eigenvalue weighted by atomic mass is 9.72. The molecule has 1 nitrogen and oxygen atoms in total. The van der Waals surface area contributed by atoms with Gasteiger partial charge in [0, 0.05) is 5.41 Å². The molecule has 1 unspecified atom stereocenters. The molecule has 0 saturated heterocycles. The first-order valence-corrected chi connectivity index (χ1v) is 5.17. The van der Waals surface area contributed by atoms with Crippen LogP contribution in [-0.2, 0) is 0 Å². The number of hydrogen-bond acceptors (Lipinski definition) is 1. The van der Waals surface area contributed by atoms with Gasteiger partial charge in [0.05, 0.1) is 5.76 Å². The van der Waals surface area contributed by atoms with Gasteiger partial charge in [-0.1, -0.05) is 45.8 Å². The number of rotatable bonds is 3. The monoisotopic (exact) mass is 180 g/mol. The Hall–Kier alpha value is -0.720. The fraction of sp³-hybridized carbons (Fsp3) is 0.667. The van der Waals surface area contributed by atoms with Crippen LogP contribution < -0.4 is 0 Å². The van der Waals surface area contributed by atoms with Gasteiger partial charge >= 0.3 is 0 Å². The Balaban J connectivity index is 2.66. The molecule has 1 atom stereocenters. The van der Waals surface area contributed by atoms with Gasteiger partial charge in [0.2, 0.25) is 0 Å². The molecular formula is C12H20O. The average Bonchev–Trinajstić information content (AvgIpc) is 2.08. The normalized spacial score (nSPS) is 25.8. The van der Waals surface area contributed by atoms with Crippen molar-refractivity contribution in [3.8, 4) is 0 Å². The van der Waals surface area contributed by atoms with E-state index in [1.54, 1.807) is 0 Å². The molecule has 1 heteroatoms. The van der Waals surface area contributed by atoms with Gasteiger partial charge in [0.25, 0.3) is 0 Å². The van der Waals surface area contributed by atoms with E-state index in [0.29, 0.717) is 11.7 Å². The van der Waals surface area contributed by atoms with E-state index >= 15 is 0 Å². The molecule has 74 valence electrons. The van der Waals surface area contributed by atoms with Gasteiger partial charge < -0.3 is 5.11 Å². The van der Waals surface area contributed by atoms with E-state index in [1.165, 1.54) is 19.3 Å². The maximum absolute atomic E-state index is 9.72. The summed E-state index contributed by atoms with van der Waals surface area (Å²) in [4.78, 5) is 0. The third kappa shape index (κ3) is 2.15. The van der Waals surface area contributed by atoms with Crippen LogP contribution in [0.15, 0.2) is 24.0 Å². The molecule has 0 bridgehead atoms. The standard InChI is InChI=1S/C12H20O/c1-4-5-7-10-8-6-9-11(13)12(10,2)3/h6,8-10,13H,4-5,7H2,1-3H3. The van der Waals surface area contributed by atoms with Crippen molar-refractivity contribution in [3.05, 3.63) is 24.0 Å². The first-order chi connectivity index (χ1) is 6.09. The molecule has 0 aromatic carbocycles. The zero-order chi connectivity index (χ0) is 9.90. The van der Waals surface area contributed by atoms with Crippen LogP contribution in [0.4, 0.5) is 0 Å². The Bertz CT molecular complexity index is 223. The minimum Gasteiger partial charge on any atom is -0.512 e. The summed E-state index contributed by atoms with van der Waals surface area (Å²) in [6.07, 6.45) is 9.65. The Labute approximate surface area is 81.2 Å². The summed E-state index contributed by atoms with van der Waals surface area (Å²) < 4.78 is 0. The van der Waals surface area contributed by atoms with Crippen LogP contribution in [0.5, 0.6) is 0 Å². The quantitative estimate of drug-likeness (QED) is 0.699. The summed E-state index contributed by atoms with van der Waals surface area (Å²) >= 11 is 0. The molecule has 1 aliphatic carbocycles. The summed E-state index contributed by atoms with van der Waals surface area (Å²) in [5.74, 6) is 1.02. The van der Waals surface area contributed by atoms with Crippen molar-refractivity contribution >= 4 is 0 Å². The van der Waals surface area contributed by atoms with Crippen molar-refractivity contribution in [2.75, 3.05) is 0 Å². The van der Waals surface area contributed by atoms with E-state index in [2.05, 4.69) is 26.8 Å². The van der Waals surface area contributed by atoms with Crippen LogP contribution >= 0.6 is 0 Å². The maximum Gasteiger partial charge on any atom is 0.0984 e. The van der Waals surface area contributed by atoms with Gasteiger partial charge in [-0.3, -0.25) is 0 Å². The van der Waals surface area contributed by atoms with Crippen LogP contribution in [0.2, 0.25) is 0 Å². The van der Waals surface area contributed by atoms with Crippen molar-refractivity contribution < 1.29 is 5.11 Å². The van der Waals surface area contributed by atoms with Gasteiger partial charge in [0.1, 0.15) is 0 Å². The highest BCUT2D eigenvalue weighted by molar-refractivity contribution is 5.22. The predicted molar refractivity (Wildman–Crippen MR) is 56.6 cm³/mol. The molecule has 0 aromatic rings. The molecule has 0 fully saturated rings. The highest BCUT2D eigenvalue weighted by Gasteiger charge is 2.32. The fourth-order valence-corrected chi connectivity index (χ4v) is 1.81. The average molecular weight is 180 g/mol. The predicted octanol–water partition coefficient (Wildman–Crippen LogP) is 3.83. The summed E-state index contributed by atoms with van der Waals surface area (Å²) in [5, 5.41) is 9.72. The SMILES string of the molecule is CCCCC1C=CC=C(O)C1(C)C. The van der Waals surface area contributed by atoms with Crippen LogP contribution in [-0.4, -0.2) is 5.11 Å². The van der Waals surface area contributed by atoms with Crippen molar-refractivity contribution in [2.45, 2.75) is 40.0 Å². The molecule has 13 heavy (non-hydrogen) atoms. The van der Waals surface area contributed by atoms with Gasteiger partial charge in [-0.05, 0) is 18.4 Å². The summed E-state index contributed by atoms with van der Waals surface area (Å²) in [6, 6.07) is 0. The van der Waals surface area contributed by atoms with Gasteiger partial charge in [0.15, 0.2) is 0 Å². The van der Waals surface area contributed by atoms with E-state index in [0.717, 1.165) is 0 Å². The first kappa shape index (κ1) is 10.4. The summed E-state index contributed by atoms with van der Waals surface area (Å²) in [5.41, 5.74) is -0.0656. The van der Waals surface area contributed by atoms with Gasteiger partial charge in [-0.25, -0.2) is 0 Å². The molecule has 0 aromatic heterocycles. The number of hydrogen-bond donors (Lipinski definition) is 1. The zero-order valence-electron chi connectivity index (χ0n) is 8.88. The molecular weight excluding hydrogens is 160 g/mol. The largest absolute Gasteiger partial charge is 0.512 e. The molecule has 0 heterocycles. The van der Waals surface area contributed by atoms with E-state index in [4.69, 9.17) is 0 Å². The van der Waals surface area contributed by atoms with Gasteiger partial charge in [-0.15, -0.1) is 0 Å². The summed E-state index contributed by atoms with van der Waals surface area (Å²) in [7, 11) is 0. The van der Waals surface area contributed by atoms with Crippen LogP contribution in [0, 0.1) is 11.3 Å². The zero-order valence-corrected chi connectivity index (χ0v) is 8.88. The lowest BCUT2D eigenvalue weighted by Gasteiger charge is -2.34. The first-order valence-electron chi connectivity index (χ1n) is 5.17. The Morgan fingerprint density at radius 2 is 2.15 bits per heavy atom. The maximum atomic E-state index is 9.72. The van der Waals surface area contributed by atoms with Crippen LogP contribution in [0.3, 0.4) is 0 Å². The molecule has 1 rings (SSSR count). The third-order valence-electron chi connectivity index (χ3n) is 3.05. The fourth-order valence-electron chi connectivity index (χ4n) is 1.81. The molecule has 1 aliphatic rings. The molecule has 0 spiro atoms. The molecule has 0 amide bonds. The molecule has 0 aliphatic heterocycles. The van der Waals surface area contributed by atoms with E-state index < -0.39 is 0 Å². The van der Waals surface area contributed by atoms with E-state index in [1.807, 2.05) is 12.2 Å². The van der Waals surface area contributed by atoms with Crippen LogP contribution in [0.25, 0.3) is 0 Å². The van der Waals surface area contributed by atoms with Gasteiger partial charge in [-0.2, -0.15) is 0 Å². The second kappa shape index (κ2) is 3.99. The van der Waals surface area contributed by atoms with Crippen molar-refractivity contribution in [2.24, 2.45) is 11.3 Å². The lowest BCUT2D eigenvalue weighted by molar-refractivity contribution is 0.189. The smallest absolute Gasteiger partial charge is 0.0984 e. The Morgan fingerprint density at radius 1 is 1.46 bits per heavy atom. The van der Waals surface area contributed by atoms with E-state index in [9.17, 15) is 5.11 Å². The number of allylic oxidation sites excluding steroid dienone is 4. The van der Waals surface area contributed by atoms with Crippen molar-refractivity contribution in [1.29, 1.82) is 0 Å². The highest BCUT2D eigenvalue weighted by atomic mass is 16.3. The number of aliphatic hydroxyl groups excluding tert-OH is 1. The minimum absolute atomic E-state index is 0.0656. The van der Waals surface area contributed by atoms with Crippen molar-refractivity contribution in [3.63, 3.8) is 0 Å². The topological polar surface area (TPSA) is 20.2 Å². The Morgan fingerprint density at radius 3 is 2.77 bits per heavy atom. The summed E-state index contributed by atoms with van der Waals surface area (Å²) in [6.45, 7) is 6.43. The van der Waals surface area contributed by atoms with E-state index in [-0.39, 0.29) is 5.41 Å². The number of aliphatic hydroxyl groups is 1. The second-order valence-electron chi connectivity index (χ2n) is 4.41. The lowest BCUT2D eigenvalue weighted by Crippen LogP contribution is -2.26. The highest BCUT2D eigenvalue weighted by Crippen LogP contribution is 2.39. The molecule has 1 N–H and O–H groups in total. The minimum atomic E-state index is -0.0656. The second-order valence-corrected chi connectivity index (χ2v) is 4.41. The van der Waals surface area contributed by atoms with Crippen LogP contribution in [0.1, 0.15) is 40.0 Å². The van der Waals surface area contributed by atoms with Crippen molar-refractivity contribution in [1.82, 2.24) is 0 Å². The third-order valence-corrected chi connectivity index (χ3v) is 3.05. The molecule has 0 radical (unpaired) electrons.